The highest BCUT2D eigenvalue weighted by Crippen LogP contribution is 2.28. The maximum Gasteiger partial charge on any atom is 0.223 e. The fourth-order valence-electron chi connectivity index (χ4n) is 2.33. The van der Waals surface area contributed by atoms with E-state index in [1.165, 1.54) is 0 Å². The van der Waals surface area contributed by atoms with Gasteiger partial charge in [0.05, 0.1) is 0 Å². The topological polar surface area (TPSA) is 64.3 Å². The molecule has 0 radical (unpaired) electrons. The van der Waals surface area contributed by atoms with Crippen molar-refractivity contribution in [1.82, 2.24) is 5.32 Å². The van der Waals surface area contributed by atoms with Gasteiger partial charge in [0, 0.05) is 32.2 Å². The molecule has 1 fully saturated rings. The van der Waals surface area contributed by atoms with E-state index < -0.39 is 0 Å². The van der Waals surface area contributed by atoms with Crippen molar-refractivity contribution in [2.45, 2.75) is 38.6 Å². The Balaban J connectivity index is 2.29. The first-order chi connectivity index (χ1) is 7.66. The molecular weight excluding hydrogens is 204 g/mol. The summed E-state index contributed by atoms with van der Waals surface area (Å²) in [4.78, 5) is 11.9. The highest BCUT2D eigenvalue weighted by Gasteiger charge is 2.32. The number of rotatable bonds is 5. The largest absolute Gasteiger partial charge is 0.385 e. The maximum atomic E-state index is 11.9. The lowest BCUT2D eigenvalue weighted by Gasteiger charge is -2.32. The predicted molar refractivity (Wildman–Crippen MR) is 64.0 cm³/mol. The molecular formula is C12H24N2O2. The van der Waals surface area contributed by atoms with Crippen LogP contribution in [0.5, 0.6) is 0 Å². The van der Waals surface area contributed by atoms with Gasteiger partial charge in [-0.05, 0) is 25.2 Å². The number of carbonyl (C=O) groups is 1. The Hall–Kier alpha value is -0.610. The summed E-state index contributed by atoms with van der Waals surface area (Å²) in [5.41, 5.74) is 5.98. The molecule has 1 aliphatic rings. The molecule has 0 aliphatic heterocycles. The summed E-state index contributed by atoms with van der Waals surface area (Å²) in [7, 11) is 1.67. The molecule has 0 saturated heterocycles. The summed E-state index contributed by atoms with van der Waals surface area (Å²) in [5, 5.41) is 2.96. The maximum absolute atomic E-state index is 11.9. The number of amides is 1. The van der Waals surface area contributed by atoms with E-state index in [1.54, 1.807) is 7.11 Å². The summed E-state index contributed by atoms with van der Waals surface area (Å²) < 4.78 is 4.94. The lowest BCUT2D eigenvalue weighted by Crippen LogP contribution is -2.44. The molecule has 1 amide bonds. The molecule has 0 spiro atoms. The summed E-state index contributed by atoms with van der Waals surface area (Å²) in [5.74, 6) is 0.571. The normalized spacial score (nSPS) is 30.1. The molecule has 1 aliphatic carbocycles. The van der Waals surface area contributed by atoms with Gasteiger partial charge in [-0.15, -0.1) is 0 Å². The third kappa shape index (κ3) is 3.76. The molecule has 3 atom stereocenters. The van der Waals surface area contributed by atoms with E-state index in [1.807, 2.05) is 0 Å². The van der Waals surface area contributed by atoms with Gasteiger partial charge < -0.3 is 15.8 Å². The van der Waals surface area contributed by atoms with Crippen LogP contribution in [0.25, 0.3) is 0 Å². The summed E-state index contributed by atoms with van der Waals surface area (Å²) in [6, 6.07) is 0.184. The lowest BCUT2D eigenvalue weighted by atomic mass is 9.77. The number of nitrogens with one attached hydrogen (secondary N) is 1. The molecule has 16 heavy (non-hydrogen) atoms. The monoisotopic (exact) mass is 228 g/mol. The molecule has 94 valence electrons. The molecule has 0 aromatic rings. The van der Waals surface area contributed by atoms with Crippen LogP contribution in [0.15, 0.2) is 0 Å². The van der Waals surface area contributed by atoms with Gasteiger partial charge in [0.2, 0.25) is 5.91 Å². The first-order valence-electron chi connectivity index (χ1n) is 6.19. The third-order valence-corrected chi connectivity index (χ3v) is 3.52. The Morgan fingerprint density at radius 3 is 2.94 bits per heavy atom. The number of nitrogens with two attached hydrogens (primary N) is 1. The van der Waals surface area contributed by atoms with Crippen LogP contribution in [0.3, 0.4) is 0 Å². The van der Waals surface area contributed by atoms with Gasteiger partial charge in [-0.2, -0.15) is 0 Å². The Morgan fingerprint density at radius 1 is 1.50 bits per heavy atom. The van der Waals surface area contributed by atoms with E-state index in [0.29, 0.717) is 19.1 Å². The van der Waals surface area contributed by atoms with E-state index in [0.717, 1.165) is 25.7 Å². The van der Waals surface area contributed by atoms with Crippen LogP contribution in [0.4, 0.5) is 0 Å². The molecule has 3 unspecified atom stereocenters. The molecule has 1 rings (SSSR count). The fourth-order valence-corrected chi connectivity index (χ4v) is 2.33. The minimum absolute atomic E-state index is 0.103. The standard InChI is InChI=1S/C12H24N2O2/c1-9-10(5-3-6-11(9)13)12(15)14-7-4-8-16-2/h9-11H,3-8,13H2,1-2H3,(H,14,15). The van der Waals surface area contributed by atoms with Crippen molar-refractivity contribution in [3.8, 4) is 0 Å². The van der Waals surface area contributed by atoms with E-state index in [-0.39, 0.29) is 17.9 Å². The predicted octanol–water partition coefficient (Wildman–Crippen LogP) is 0.903. The van der Waals surface area contributed by atoms with E-state index in [2.05, 4.69) is 12.2 Å². The van der Waals surface area contributed by atoms with Crippen molar-refractivity contribution < 1.29 is 9.53 Å². The molecule has 0 aromatic heterocycles. The van der Waals surface area contributed by atoms with Crippen molar-refractivity contribution in [3.05, 3.63) is 0 Å². The molecule has 4 heteroatoms. The van der Waals surface area contributed by atoms with Crippen LogP contribution in [0.1, 0.15) is 32.6 Å². The highest BCUT2D eigenvalue weighted by atomic mass is 16.5. The van der Waals surface area contributed by atoms with Crippen LogP contribution in [-0.4, -0.2) is 32.2 Å². The molecule has 0 heterocycles. The first-order valence-corrected chi connectivity index (χ1v) is 6.19. The minimum atomic E-state index is 0.103. The van der Waals surface area contributed by atoms with E-state index in [9.17, 15) is 4.79 Å². The first kappa shape index (κ1) is 13.5. The Bertz CT molecular complexity index is 221. The zero-order chi connectivity index (χ0) is 12.0. The van der Waals surface area contributed by atoms with Gasteiger partial charge in [0.25, 0.3) is 0 Å². The number of ether oxygens (including phenoxy) is 1. The third-order valence-electron chi connectivity index (χ3n) is 3.52. The van der Waals surface area contributed by atoms with Crippen LogP contribution in [-0.2, 0) is 9.53 Å². The minimum Gasteiger partial charge on any atom is -0.385 e. The molecule has 1 saturated carbocycles. The van der Waals surface area contributed by atoms with Crippen molar-refractivity contribution in [2.75, 3.05) is 20.3 Å². The second-order valence-corrected chi connectivity index (χ2v) is 4.70. The summed E-state index contributed by atoms with van der Waals surface area (Å²) >= 11 is 0. The smallest absolute Gasteiger partial charge is 0.223 e. The summed E-state index contributed by atoms with van der Waals surface area (Å²) in [6.07, 6.45) is 3.97. The Labute approximate surface area is 97.9 Å². The molecule has 0 bridgehead atoms. The zero-order valence-electron chi connectivity index (χ0n) is 10.4. The Kier molecular flexibility index (Phi) is 5.77. The summed E-state index contributed by atoms with van der Waals surface area (Å²) in [6.45, 7) is 3.48. The molecule has 0 aromatic carbocycles. The van der Waals surface area contributed by atoms with Crippen molar-refractivity contribution >= 4 is 5.91 Å². The van der Waals surface area contributed by atoms with Gasteiger partial charge in [0.1, 0.15) is 0 Å². The van der Waals surface area contributed by atoms with Gasteiger partial charge >= 0.3 is 0 Å². The quantitative estimate of drug-likeness (QED) is 0.687. The van der Waals surface area contributed by atoms with Crippen LogP contribution >= 0.6 is 0 Å². The van der Waals surface area contributed by atoms with Gasteiger partial charge in [-0.3, -0.25) is 4.79 Å². The van der Waals surface area contributed by atoms with Crippen molar-refractivity contribution in [3.63, 3.8) is 0 Å². The SMILES string of the molecule is COCCCNC(=O)C1CCCC(N)C1C. The van der Waals surface area contributed by atoms with Crippen LogP contribution in [0, 0.1) is 11.8 Å². The number of methoxy groups -OCH3 is 1. The second kappa shape index (κ2) is 6.86. The van der Waals surface area contributed by atoms with Gasteiger partial charge in [-0.25, -0.2) is 0 Å². The average Bonchev–Trinajstić information content (AvgIpc) is 2.28. The van der Waals surface area contributed by atoms with Crippen LogP contribution in [0.2, 0.25) is 0 Å². The van der Waals surface area contributed by atoms with Crippen LogP contribution < -0.4 is 11.1 Å². The molecule has 4 nitrogen and oxygen atoms in total. The lowest BCUT2D eigenvalue weighted by molar-refractivity contribution is -0.127. The number of hydrogen-bond acceptors (Lipinski definition) is 3. The Morgan fingerprint density at radius 2 is 2.25 bits per heavy atom. The highest BCUT2D eigenvalue weighted by molar-refractivity contribution is 5.79. The van der Waals surface area contributed by atoms with Gasteiger partial charge in [-0.1, -0.05) is 13.3 Å². The second-order valence-electron chi connectivity index (χ2n) is 4.70. The number of carbonyl (C=O) groups excluding carboxylic acids is 1. The van der Waals surface area contributed by atoms with Crippen molar-refractivity contribution in [2.24, 2.45) is 17.6 Å². The van der Waals surface area contributed by atoms with Crippen molar-refractivity contribution in [1.29, 1.82) is 0 Å². The average molecular weight is 228 g/mol. The molecule has 3 N–H and O–H groups in total. The van der Waals surface area contributed by atoms with Gasteiger partial charge in [0.15, 0.2) is 0 Å². The fraction of sp³-hybridized carbons (Fsp3) is 0.917. The number of hydrogen-bond donors (Lipinski definition) is 2. The zero-order valence-corrected chi connectivity index (χ0v) is 10.4. The van der Waals surface area contributed by atoms with E-state index in [4.69, 9.17) is 10.5 Å². The van der Waals surface area contributed by atoms with E-state index >= 15 is 0 Å².